The number of nitrogens with two attached hydrogens (primary N) is 2. The van der Waals surface area contributed by atoms with Crippen LogP contribution < -0.4 is 11.5 Å². The highest BCUT2D eigenvalue weighted by Gasteiger charge is 2.06. The van der Waals surface area contributed by atoms with Crippen LogP contribution >= 0.6 is 0 Å². The standard InChI is InChI=1S/C9H10O2.C8H10N2O/c1-6-4-3-5-8(7(6)2)9(10)11;1-5-6(8(10)11)3-2-4-7(5)9/h3-5H,1-2H3,(H,10,11);2-4H,9H2,1H3,(H2,10,11). The number of benzene rings is 2. The maximum absolute atomic E-state index is 10.7. The molecule has 2 aromatic carbocycles. The fourth-order valence-corrected chi connectivity index (χ4v) is 1.90. The number of carboxylic acids is 1. The van der Waals surface area contributed by atoms with Crippen LogP contribution in [0.3, 0.4) is 0 Å². The van der Waals surface area contributed by atoms with Crippen LogP contribution in [0.4, 0.5) is 5.69 Å². The van der Waals surface area contributed by atoms with Gasteiger partial charge in [0.05, 0.1) is 5.56 Å². The number of anilines is 1. The van der Waals surface area contributed by atoms with Crippen molar-refractivity contribution in [3.63, 3.8) is 0 Å². The van der Waals surface area contributed by atoms with E-state index in [2.05, 4.69) is 0 Å². The highest BCUT2D eigenvalue weighted by molar-refractivity contribution is 5.95. The lowest BCUT2D eigenvalue weighted by molar-refractivity contribution is 0.0695. The first kappa shape index (κ1) is 17.2. The molecule has 0 heterocycles. The van der Waals surface area contributed by atoms with Gasteiger partial charge in [-0.05, 0) is 55.7 Å². The van der Waals surface area contributed by atoms with Crippen LogP contribution in [0.25, 0.3) is 0 Å². The van der Waals surface area contributed by atoms with Crippen molar-refractivity contribution >= 4 is 17.6 Å². The Balaban J connectivity index is 0.000000220. The van der Waals surface area contributed by atoms with Crippen molar-refractivity contribution in [3.05, 3.63) is 64.2 Å². The van der Waals surface area contributed by atoms with Crippen LogP contribution in [0.15, 0.2) is 36.4 Å². The minimum atomic E-state index is -0.855. The summed E-state index contributed by atoms with van der Waals surface area (Å²) >= 11 is 0. The van der Waals surface area contributed by atoms with Gasteiger partial charge in [-0.25, -0.2) is 4.79 Å². The molecule has 22 heavy (non-hydrogen) atoms. The van der Waals surface area contributed by atoms with Gasteiger partial charge in [-0.1, -0.05) is 18.2 Å². The van der Waals surface area contributed by atoms with E-state index in [4.69, 9.17) is 16.6 Å². The third-order valence-corrected chi connectivity index (χ3v) is 3.48. The normalized spacial score (nSPS) is 9.59. The molecule has 0 saturated heterocycles. The Morgan fingerprint density at radius 2 is 1.45 bits per heavy atom. The number of aromatic carboxylic acids is 1. The van der Waals surface area contributed by atoms with Gasteiger partial charge in [0.25, 0.3) is 0 Å². The topological polar surface area (TPSA) is 106 Å². The number of carboxylic acid groups (broad SMARTS) is 1. The van der Waals surface area contributed by atoms with E-state index < -0.39 is 11.9 Å². The molecule has 2 aromatic rings. The molecule has 5 nitrogen and oxygen atoms in total. The van der Waals surface area contributed by atoms with E-state index in [9.17, 15) is 9.59 Å². The van der Waals surface area contributed by atoms with Gasteiger partial charge in [0, 0.05) is 11.3 Å². The van der Waals surface area contributed by atoms with Gasteiger partial charge in [-0.3, -0.25) is 4.79 Å². The number of carbonyl (C=O) groups is 2. The summed E-state index contributed by atoms with van der Waals surface area (Å²) in [6.07, 6.45) is 0. The zero-order valence-corrected chi connectivity index (χ0v) is 12.9. The third-order valence-electron chi connectivity index (χ3n) is 3.48. The minimum absolute atomic E-state index is 0.394. The predicted molar refractivity (Wildman–Crippen MR) is 87.0 cm³/mol. The average Bonchev–Trinajstić information content (AvgIpc) is 2.45. The maximum Gasteiger partial charge on any atom is 0.335 e. The van der Waals surface area contributed by atoms with Crippen molar-refractivity contribution in [2.75, 3.05) is 5.73 Å². The molecule has 0 atom stereocenters. The summed E-state index contributed by atoms with van der Waals surface area (Å²) in [7, 11) is 0. The van der Waals surface area contributed by atoms with Crippen molar-refractivity contribution in [2.24, 2.45) is 5.73 Å². The van der Waals surface area contributed by atoms with E-state index in [-0.39, 0.29) is 0 Å². The summed E-state index contributed by atoms with van der Waals surface area (Å²) in [5, 5.41) is 8.69. The van der Waals surface area contributed by atoms with Gasteiger partial charge in [-0.15, -0.1) is 0 Å². The Kier molecular flexibility index (Phi) is 5.69. The Morgan fingerprint density at radius 1 is 0.909 bits per heavy atom. The molecule has 0 bridgehead atoms. The fraction of sp³-hybridized carbons (Fsp3) is 0.176. The monoisotopic (exact) mass is 300 g/mol. The summed E-state index contributed by atoms with van der Waals surface area (Å²) in [5.74, 6) is -1.29. The van der Waals surface area contributed by atoms with Crippen molar-refractivity contribution in [1.82, 2.24) is 0 Å². The quantitative estimate of drug-likeness (QED) is 0.741. The summed E-state index contributed by atoms with van der Waals surface area (Å²) in [6.45, 7) is 5.50. The lowest BCUT2D eigenvalue weighted by Gasteiger charge is -2.02. The zero-order chi connectivity index (χ0) is 16.9. The van der Waals surface area contributed by atoms with Crippen molar-refractivity contribution in [3.8, 4) is 0 Å². The molecule has 116 valence electrons. The van der Waals surface area contributed by atoms with Gasteiger partial charge in [-0.2, -0.15) is 0 Å². The van der Waals surface area contributed by atoms with Gasteiger partial charge in [0.1, 0.15) is 0 Å². The number of hydrogen-bond donors (Lipinski definition) is 3. The molecule has 0 aliphatic carbocycles. The average molecular weight is 300 g/mol. The summed E-state index contributed by atoms with van der Waals surface area (Å²) < 4.78 is 0. The Bertz CT molecular complexity index is 648. The second kappa shape index (κ2) is 7.26. The van der Waals surface area contributed by atoms with Crippen LogP contribution in [-0.4, -0.2) is 17.0 Å². The molecule has 0 aliphatic rings. The Labute approximate surface area is 129 Å². The molecule has 0 spiro atoms. The Morgan fingerprint density at radius 3 is 1.91 bits per heavy atom. The zero-order valence-electron chi connectivity index (χ0n) is 12.9. The van der Waals surface area contributed by atoms with Crippen LogP contribution in [0, 0.1) is 20.8 Å². The maximum atomic E-state index is 10.7. The number of rotatable bonds is 2. The van der Waals surface area contributed by atoms with Gasteiger partial charge >= 0.3 is 5.97 Å². The van der Waals surface area contributed by atoms with Crippen molar-refractivity contribution in [1.29, 1.82) is 0 Å². The van der Waals surface area contributed by atoms with Crippen molar-refractivity contribution < 1.29 is 14.7 Å². The van der Waals surface area contributed by atoms with Crippen molar-refractivity contribution in [2.45, 2.75) is 20.8 Å². The number of primary amides is 1. The van der Waals surface area contributed by atoms with Crippen LogP contribution in [0.2, 0.25) is 0 Å². The molecule has 0 fully saturated rings. The van der Waals surface area contributed by atoms with Gasteiger partial charge in [0.2, 0.25) is 5.91 Å². The van der Waals surface area contributed by atoms with Crippen LogP contribution in [-0.2, 0) is 0 Å². The predicted octanol–water partition coefficient (Wildman–Crippen LogP) is 2.68. The second-order valence-electron chi connectivity index (χ2n) is 4.94. The summed E-state index contributed by atoms with van der Waals surface area (Å²) in [5.41, 5.74) is 14.7. The van der Waals surface area contributed by atoms with E-state index >= 15 is 0 Å². The van der Waals surface area contributed by atoms with Crippen LogP contribution in [0.5, 0.6) is 0 Å². The number of aryl methyl sites for hydroxylation is 1. The SMILES string of the molecule is Cc1c(N)cccc1C(N)=O.Cc1cccc(C(=O)O)c1C. The van der Waals surface area contributed by atoms with Gasteiger partial charge < -0.3 is 16.6 Å². The minimum Gasteiger partial charge on any atom is -0.478 e. The summed E-state index contributed by atoms with van der Waals surface area (Å²) in [6, 6.07) is 10.4. The molecule has 0 radical (unpaired) electrons. The third kappa shape index (κ3) is 4.09. The van der Waals surface area contributed by atoms with E-state index in [0.717, 1.165) is 16.7 Å². The van der Waals surface area contributed by atoms with E-state index in [1.165, 1.54) is 0 Å². The molecular weight excluding hydrogens is 280 g/mol. The summed E-state index contributed by atoms with van der Waals surface area (Å²) in [4.78, 5) is 21.3. The van der Waals surface area contributed by atoms with Crippen LogP contribution in [0.1, 0.15) is 37.4 Å². The Hall–Kier alpha value is -2.82. The molecule has 0 aromatic heterocycles. The first-order valence-corrected chi connectivity index (χ1v) is 6.70. The molecule has 2 rings (SSSR count). The first-order valence-electron chi connectivity index (χ1n) is 6.70. The van der Waals surface area contributed by atoms with E-state index in [0.29, 0.717) is 16.8 Å². The van der Waals surface area contributed by atoms with E-state index in [1.54, 1.807) is 37.3 Å². The van der Waals surface area contributed by atoms with E-state index in [1.807, 2.05) is 19.9 Å². The molecule has 0 saturated carbocycles. The highest BCUT2D eigenvalue weighted by atomic mass is 16.4. The lowest BCUT2D eigenvalue weighted by atomic mass is 10.0. The fourth-order valence-electron chi connectivity index (χ4n) is 1.90. The number of nitrogen functional groups attached to an aromatic ring is 1. The molecule has 5 N–H and O–H groups in total. The second-order valence-corrected chi connectivity index (χ2v) is 4.94. The molecule has 5 heteroatoms. The number of carbonyl (C=O) groups excluding carboxylic acids is 1. The highest BCUT2D eigenvalue weighted by Crippen LogP contribution is 2.14. The smallest absolute Gasteiger partial charge is 0.335 e. The molecular formula is C17H20N2O3. The molecule has 0 aliphatic heterocycles. The molecule has 0 unspecified atom stereocenters. The number of hydrogen-bond acceptors (Lipinski definition) is 3. The number of amides is 1. The molecule has 1 amide bonds. The van der Waals surface area contributed by atoms with Gasteiger partial charge in [0.15, 0.2) is 0 Å². The largest absolute Gasteiger partial charge is 0.478 e. The first-order chi connectivity index (χ1) is 10.3. The lowest BCUT2D eigenvalue weighted by Crippen LogP contribution is -2.13.